The van der Waals surface area contributed by atoms with Crippen LogP contribution < -0.4 is 5.73 Å². The van der Waals surface area contributed by atoms with Crippen molar-refractivity contribution in [3.63, 3.8) is 0 Å². The minimum Gasteiger partial charge on any atom is -0.464 e. The van der Waals surface area contributed by atoms with Gasteiger partial charge in [-0.15, -0.1) is 0 Å². The minimum atomic E-state index is -0.471. The maximum absolute atomic E-state index is 11.6. The van der Waals surface area contributed by atoms with Gasteiger partial charge >= 0.3 is 5.97 Å². The Morgan fingerprint density at radius 3 is 2.53 bits per heavy atom. The summed E-state index contributed by atoms with van der Waals surface area (Å²) >= 11 is 0. The molecule has 19 heavy (non-hydrogen) atoms. The lowest BCUT2D eigenvalue weighted by atomic mass is 10.00. The highest BCUT2D eigenvalue weighted by Gasteiger charge is 2.23. The predicted molar refractivity (Wildman–Crippen MR) is 76.1 cm³/mol. The van der Waals surface area contributed by atoms with Gasteiger partial charge in [0.25, 0.3) is 0 Å². The summed E-state index contributed by atoms with van der Waals surface area (Å²) in [5, 5.41) is 0. The molecule has 1 rings (SSSR count). The molecular weight excluding hydrogens is 242 g/mol. The number of carbonyl (C=O) groups excluding carboxylic acids is 1. The number of anilines is 1. The fraction of sp³-hybridized carbons (Fsp3) is 0.714. The summed E-state index contributed by atoms with van der Waals surface area (Å²) in [4.78, 5) is 16.0. The van der Waals surface area contributed by atoms with Crippen LogP contribution >= 0.6 is 0 Å². The summed E-state index contributed by atoms with van der Waals surface area (Å²) in [6.07, 6.45) is 2.89. The lowest BCUT2D eigenvalue weighted by Crippen LogP contribution is -2.15. The third kappa shape index (κ3) is 3.28. The van der Waals surface area contributed by atoms with Crippen LogP contribution in [-0.2, 0) is 11.2 Å². The number of nitrogens with zero attached hydrogens (tertiary/aromatic N) is 2. The van der Waals surface area contributed by atoms with E-state index < -0.39 is 5.97 Å². The zero-order chi connectivity index (χ0) is 14.6. The summed E-state index contributed by atoms with van der Waals surface area (Å²) in [5.74, 6) is 1.40. The molecule has 5 heteroatoms. The Morgan fingerprint density at radius 2 is 2.05 bits per heavy atom. The average Bonchev–Trinajstić information content (AvgIpc) is 2.74. The van der Waals surface area contributed by atoms with Crippen LogP contribution in [0.2, 0.25) is 0 Å². The van der Waals surface area contributed by atoms with Crippen LogP contribution in [0.3, 0.4) is 0 Å². The van der Waals surface area contributed by atoms with Crippen LogP contribution in [0.15, 0.2) is 0 Å². The van der Waals surface area contributed by atoms with E-state index in [4.69, 9.17) is 10.5 Å². The second-order valence-corrected chi connectivity index (χ2v) is 5.08. The third-order valence-corrected chi connectivity index (χ3v) is 3.60. The van der Waals surface area contributed by atoms with Gasteiger partial charge in [0, 0.05) is 12.5 Å². The van der Waals surface area contributed by atoms with E-state index in [0.29, 0.717) is 11.7 Å². The van der Waals surface area contributed by atoms with Crippen LogP contribution in [-0.4, -0.2) is 22.6 Å². The first kappa shape index (κ1) is 15.5. The van der Waals surface area contributed by atoms with E-state index in [1.165, 1.54) is 7.11 Å². The molecule has 1 aromatic heterocycles. The van der Waals surface area contributed by atoms with Crippen LogP contribution in [0.5, 0.6) is 0 Å². The zero-order valence-corrected chi connectivity index (χ0v) is 12.6. The number of carbonyl (C=O) groups is 1. The highest BCUT2D eigenvalue weighted by molar-refractivity contribution is 5.92. The molecule has 108 valence electrons. The van der Waals surface area contributed by atoms with E-state index in [9.17, 15) is 4.79 Å². The van der Waals surface area contributed by atoms with Crippen molar-refractivity contribution in [3.8, 4) is 0 Å². The van der Waals surface area contributed by atoms with Crippen molar-refractivity contribution >= 4 is 11.8 Å². The van der Waals surface area contributed by atoms with Crippen molar-refractivity contribution in [2.24, 2.45) is 5.92 Å². The van der Waals surface area contributed by atoms with E-state index >= 15 is 0 Å². The number of nitrogen functional groups attached to an aromatic ring is 1. The Kier molecular flexibility index (Phi) is 5.39. The Labute approximate surface area is 115 Å². The molecule has 0 spiro atoms. The van der Waals surface area contributed by atoms with E-state index in [-0.39, 0.29) is 11.7 Å². The average molecular weight is 267 g/mol. The van der Waals surface area contributed by atoms with Gasteiger partial charge in [-0.1, -0.05) is 27.2 Å². The Morgan fingerprint density at radius 1 is 1.42 bits per heavy atom. The summed E-state index contributed by atoms with van der Waals surface area (Å²) in [7, 11) is 1.34. The molecule has 1 aromatic rings. The van der Waals surface area contributed by atoms with Gasteiger partial charge in [0.15, 0.2) is 5.69 Å². The van der Waals surface area contributed by atoms with E-state index in [1.54, 1.807) is 0 Å². The van der Waals surface area contributed by atoms with E-state index in [0.717, 1.165) is 25.1 Å². The van der Waals surface area contributed by atoms with Gasteiger partial charge in [0.1, 0.15) is 11.6 Å². The first-order valence-electron chi connectivity index (χ1n) is 6.91. The highest BCUT2D eigenvalue weighted by Crippen LogP contribution is 2.27. The fourth-order valence-corrected chi connectivity index (χ4v) is 2.34. The molecule has 2 unspecified atom stereocenters. The number of esters is 1. The standard InChI is InChI=1S/C14H25N3O2/c1-6-9(3)8-10(4)17-11(7-2)16-12(13(17)15)14(18)19-5/h9-10H,6-8,15H2,1-5H3. The molecular formula is C14H25N3O2. The first-order valence-corrected chi connectivity index (χ1v) is 6.91. The summed E-state index contributed by atoms with van der Waals surface area (Å²) < 4.78 is 6.69. The molecule has 0 aromatic carbocycles. The monoisotopic (exact) mass is 267 g/mol. The van der Waals surface area contributed by atoms with Gasteiger partial charge in [0.05, 0.1) is 7.11 Å². The van der Waals surface area contributed by atoms with Gasteiger partial charge < -0.3 is 15.0 Å². The number of nitrogens with two attached hydrogens (primary N) is 1. The number of rotatable bonds is 6. The molecule has 0 fully saturated rings. The van der Waals surface area contributed by atoms with Gasteiger partial charge in [-0.3, -0.25) is 0 Å². The second-order valence-electron chi connectivity index (χ2n) is 5.08. The molecule has 0 radical (unpaired) electrons. The Bertz CT molecular complexity index is 440. The Hall–Kier alpha value is -1.52. The molecule has 0 aliphatic heterocycles. The smallest absolute Gasteiger partial charge is 0.360 e. The number of aryl methyl sites for hydroxylation is 1. The van der Waals surface area contributed by atoms with Crippen LogP contribution in [0, 0.1) is 5.92 Å². The molecule has 0 aliphatic rings. The number of hydrogen-bond acceptors (Lipinski definition) is 4. The van der Waals surface area contributed by atoms with Crippen molar-refractivity contribution in [3.05, 3.63) is 11.5 Å². The maximum atomic E-state index is 11.6. The summed E-state index contributed by atoms with van der Waals surface area (Å²) in [6, 6.07) is 0.232. The third-order valence-electron chi connectivity index (χ3n) is 3.60. The SMILES string of the molecule is CCc1nc(C(=O)OC)c(N)n1C(C)CC(C)CC. The highest BCUT2D eigenvalue weighted by atomic mass is 16.5. The van der Waals surface area contributed by atoms with Crippen molar-refractivity contribution in [1.82, 2.24) is 9.55 Å². The largest absolute Gasteiger partial charge is 0.464 e. The van der Waals surface area contributed by atoms with Crippen molar-refractivity contribution in [2.45, 2.75) is 53.0 Å². The zero-order valence-electron chi connectivity index (χ0n) is 12.6. The maximum Gasteiger partial charge on any atom is 0.360 e. The quantitative estimate of drug-likeness (QED) is 0.805. The second kappa shape index (κ2) is 6.59. The number of aromatic nitrogens is 2. The summed E-state index contributed by atoms with van der Waals surface area (Å²) in [6.45, 7) is 8.52. The topological polar surface area (TPSA) is 70.1 Å². The molecule has 1 heterocycles. The number of methoxy groups -OCH3 is 1. The normalized spacial score (nSPS) is 14.2. The molecule has 0 bridgehead atoms. The van der Waals surface area contributed by atoms with Gasteiger partial charge in [-0.25, -0.2) is 9.78 Å². The molecule has 0 saturated carbocycles. The van der Waals surface area contributed by atoms with Crippen LogP contribution in [0.1, 0.15) is 62.9 Å². The summed E-state index contributed by atoms with van der Waals surface area (Å²) in [5.41, 5.74) is 6.31. The van der Waals surface area contributed by atoms with Crippen LogP contribution in [0.4, 0.5) is 5.82 Å². The lowest BCUT2D eigenvalue weighted by molar-refractivity contribution is 0.0595. The molecule has 0 saturated heterocycles. The minimum absolute atomic E-state index is 0.232. The van der Waals surface area contributed by atoms with Crippen molar-refractivity contribution < 1.29 is 9.53 Å². The van der Waals surface area contributed by atoms with E-state index in [2.05, 4.69) is 25.8 Å². The van der Waals surface area contributed by atoms with Gasteiger partial charge in [-0.05, 0) is 19.3 Å². The first-order chi connectivity index (χ1) is 8.96. The van der Waals surface area contributed by atoms with Gasteiger partial charge in [0.2, 0.25) is 0 Å². The molecule has 5 nitrogen and oxygen atoms in total. The number of imidazole rings is 1. The predicted octanol–water partition coefficient (Wildman–Crippen LogP) is 2.81. The van der Waals surface area contributed by atoms with Crippen LogP contribution in [0.25, 0.3) is 0 Å². The van der Waals surface area contributed by atoms with Gasteiger partial charge in [-0.2, -0.15) is 0 Å². The lowest BCUT2D eigenvalue weighted by Gasteiger charge is -2.20. The van der Waals surface area contributed by atoms with Crippen molar-refractivity contribution in [2.75, 3.05) is 12.8 Å². The van der Waals surface area contributed by atoms with E-state index in [1.807, 2.05) is 11.5 Å². The molecule has 0 aliphatic carbocycles. The Balaban J connectivity index is 3.11. The van der Waals surface area contributed by atoms with Crippen molar-refractivity contribution in [1.29, 1.82) is 0 Å². The molecule has 2 atom stereocenters. The molecule has 0 amide bonds. The molecule has 2 N–H and O–H groups in total. The fourth-order valence-electron chi connectivity index (χ4n) is 2.34. The number of ether oxygens (including phenoxy) is 1. The number of hydrogen-bond donors (Lipinski definition) is 1.